The van der Waals surface area contributed by atoms with E-state index in [1.165, 1.54) is 5.56 Å². The highest BCUT2D eigenvalue weighted by atomic mass is 16.5. The lowest BCUT2D eigenvalue weighted by molar-refractivity contribution is 0.111. The van der Waals surface area contributed by atoms with Gasteiger partial charge in [0.2, 0.25) is 0 Å². The van der Waals surface area contributed by atoms with Gasteiger partial charge < -0.3 is 9.47 Å². The van der Waals surface area contributed by atoms with Gasteiger partial charge >= 0.3 is 0 Å². The van der Waals surface area contributed by atoms with E-state index < -0.39 is 0 Å². The molecule has 2 aromatic rings. The van der Waals surface area contributed by atoms with Crippen LogP contribution in [0.1, 0.15) is 22.3 Å². The first kappa shape index (κ1) is 14.1. The molecule has 2 aromatic carbocycles. The summed E-state index contributed by atoms with van der Waals surface area (Å²) in [4.78, 5) is 11.0. The van der Waals surface area contributed by atoms with E-state index in [1.54, 1.807) is 25.3 Å². The fraction of sp³-hybridized carbons (Fsp3) is 0.235. The Balaban J connectivity index is 1.86. The molecule has 0 aliphatic carbocycles. The summed E-state index contributed by atoms with van der Waals surface area (Å²) in [7, 11) is 1.57. The molecule has 104 valence electrons. The Labute approximate surface area is 119 Å². The van der Waals surface area contributed by atoms with Crippen molar-refractivity contribution in [1.29, 1.82) is 0 Å². The Morgan fingerprint density at radius 1 is 1.10 bits per heavy atom. The van der Waals surface area contributed by atoms with E-state index in [9.17, 15) is 4.79 Å². The maximum absolute atomic E-state index is 11.0. The van der Waals surface area contributed by atoms with Crippen LogP contribution in [0.3, 0.4) is 0 Å². The SMILES string of the molecule is COc1ccc(OCCCc2ccccc2)c(C=O)c1. The average Bonchev–Trinajstić information content (AvgIpc) is 2.52. The minimum Gasteiger partial charge on any atom is -0.497 e. The van der Waals surface area contributed by atoms with E-state index in [-0.39, 0.29) is 0 Å². The number of rotatable bonds is 7. The van der Waals surface area contributed by atoms with Crippen molar-refractivity contribution < 1.29 is 14.3 Å². The third-order valence-electron chi connectivity index (χ3n) is 3.05. The summed E-state index contributed by atoms with van der Waals surface area (Å²) >= 11 is 0. The van der Waals surface area contributed by atoms with Gasteiger partial charge in [-0.1, -0.05) is 30.3 Å². The zero-order chi connectivity index (χ0) is 14.2. The van der Waals surface area contributed by atoms with Gasteiger partial charge in [0, 0.05) is 0 Å². The monoisotopic (exact) mass is 270 g/mol. The first-order valence-electron chi connectivity index (χ1n) is 6.63. The lowest BCUT2D eigenvalue weighted by Gasteiger charge is -2.09. The third-order valence-corrected chi connectivity index (χ3v) is 3.05. The van der Waals surface area contributed by atoms with Crippen LogP contribution in [0.2, 0.25) is 0 Å². The normalized spacial score (nSPS) is 10.1. The first-order valence-corrected chi connectivity index (χ1v) is 6.63. The summed E-state index contributed by atoms with van der Waals surface area (Å²) in [6.07, 6.45) is 2.66. The molecule has 3 heteroatoms. The van der Waals surface area contributed by atoms with Crippen LogP contribution in [0.25, 0.3) is 0 Å². The summed E-state index contributed by atoms with van der Waals surface area (Å²) in [5.74, 6) is 1.26. The average molecular weight is 270 g/mol. The van der Waals surface area contributed by atoms with E-state index in [2.05, 4.69) is 12.1 Å². The molecular formula is C17H18O3. The number of carbonyl (C=O) groups excluding carboxylic acids is 1. The molecule has 0 amide bonds. The highest BCUT2D eigenvalue weighted by Gasteiger charge is 2.04. The summed E-state index contributed by atoms with van der Waals surface area (Å²) in [6.45, 7) is 0.585. The molecule has 2 rings (SSSR count). The molecule has 0 saturated heterocycles. The number of hydrogen-bond acceptors (Lipinski definition) is 3. The van der Waals surface area contributed by atoms with Gasteiger partial charge in [-0.15, -0.1) is 0 Å². The molecular weight excluding hydrogens is 252 g/mol. The minimum absolute atomic E-state index is 0.518. The van der Waals surface area contributed by atoms with Gasteiger partial charge in [-0.3, -0.25) is 4.79 Å². The lowest BCUT2D eigenvalue weighted by Crippen LogP contribution is -2.02. The van der Waals surface area contributed by atoms with Crippen LogP contribution >= 0.6 is 0 Å². The van der Waals surface area contributed by atoms with Gasteiger partial charge in [-0.05, 0) is 36.6 Å². The Hall–Kier alpha value is -2.29. The number of aldehydes is 1. The molecule has 0 heterocycles. The van der Waals surface area contributed by atoms with Gasteiger partial charge in [0.15, 0.2) is 6.29 Å². The predicted molar refractivity (Wildman–Crippen MR) is 78.6 cm³/mol. The zero-order valence-corrected chi connectivity index (χ0v) is 11.5. The van der Waals surface area contributed by atoms with Crippen LogP contribution in [0.15, 0.2) is 48.5 Å². The molecule has 0 bridgehead atoms. The predicted octanol–water partition coefficient (Wildman–Crippen LogP) is 3.52. The molecule has 20 heavy (non-hydrogen) atoms. The second kappa shape index (κ2) is 7.34. The highest BCUT2D eigenvalue weighted by molar-refractivity contribution is 5.80. The van der Waals surface area contributed by atoms with Crippen LogP contribution in [-0.4, -0.2) is 20.0 Å². The molecule has 0 aliphatic rings. The lowest BCUT2D eigenvalue weighted by atomic mass is 10.1. The molecule has 0 N–H and O–H groups in total. The highest BCUT2D eigenvalue weighted by Crippen LogP contribution is 2.22. The minimum atomic E-state index is 0.518. The summed E-state index contributed by atoms with van der Waals surface area (Å²) in [6, 6.07) is 15.5. The van der Waals surface area contributed by atoms with Crippen LogP contribution in [0, 0.1) is 0 Å². The number of methoxy groups -OCH3 is 1. The fourth-order valence-electron chi connectivity index (χ4n) is 1.98. The van der Waals surface area contributed by atoms with Crippen LogP contribution in [0.5, 0.6) is 11.5 Å². The molecule has 3 nitrogen and oxygen atoms in total. The standard InChI is InChI=1S/C17H18O3/c1-19-16-9-10-17(15(12-16)13-18)20-11-5-8-14-6-3-2-4-7-14/h2-4,6-7,9-10,12-13H,5,8,11H2,1H3. The quantitative estimate of drug-likeness (QED) is 0.570. The van der Waals surface area contributed by atoms with Crippen LogP contribution in [0.4, 0.5) is 0 Å². The van der Waals surface area contributed by atoms with Crippen molar-refractivity contribution in [2.24, 2.45) is 0 Å². The van der Waals surface area contributed by atoms with E-state index in [1.807, 2.05) is 18.2 Å². The third kappa shape index (κ3) is 3.85. The summed E-state index contributed by atoms with van der Waals surface area (Å²) in [5.41, 5.74) is 1.81. The van der Waals surface area contributed by atoms with Gasteiger partial charge in [0.05, 0.1) is 19.3 Å². The first-order chi connectivity index (χ1) is 9.83. The zero-order valence-electron chi connectivity index (χ0n) is 11.5. The maximum atomic E-state index is 11.0. The molecule has 0 atom stereocenters. The summed E-state index contributed by atoms with van der Waals surface area (Å²) < 4.78 is 10.7. The Bertz CT molecular complexity index is 549. The Morgan fingerprint density at radius 2 is 1.90 bits per heavy atom. The second-order valence-electron chi connectivity index (χ2n) is 4.46. The van der Waals surface area contributed by atoms with E-state index in [4.69, 9.17) is 9.47 Å². The molecule has 0 spiro atoms. The molecule has 0 aromatic heterocycles. The molecule has 0 aliphatic heterocycles. The van der Waals surface area contributed by atoms with E-state index >= 15 is 0 Å². The molecule has 0 unspecified atom stereocenters. The maximum Gasteiger partial charge on any atom is 0.153 e. The summed E-state index contributed by atoms with van der Waals surface area (Å²) in [5, 5.41) is 0. The molecule has 0 radical (unpaired) electrons. The van der Waals surface area contributed by atoms with Crippen molar-refractivity contribution in [3.8, 4) is 11.5 Å². The Kier molecular flexibility index (Phi) is 5.18. The Morgan fingerprint density at radius 3 is 2.60 bits per heavy atom. The second-order valence-corrected chi connectivity index (χ2v) is 4.46. The van der Waals surface area contributed by atoms with E-state index in [0.717, 1.165) is 19.1 Å². The smallest absolute Gasteiger partial charge is 0.153 e. The largest absolute Gasteiger partial charge is 0.497 e. The number of benzene rings is 2. The van der Waals surface area contributed by atoms with Crippen molar-refractivity contribution >= 4 is 6.29 Å². The topological polar surface area (TPSA) is 35.5 Å². The van der Waals surface area contributed by atoms with Crippen LogP contribution in [-0.2, 0) is 6.42 Å². The molecule has 0 fully saturated rings. The van der Waals surface area contributed by atoms with Crippen LogP contribution < -0.4 is 9.47 Å². The number of ether oxygens (including phenoxy) is 2. The fourth-order valence-corrected chi connectivity index (χ4v) is 1.98. The van der Waals surface area contributed by atoms with Gasteiger partial charge in [0.25, 0.3) is 0 Å². The van der Waals surface area contributed by atoms with Crippen molar-refractivity contribution in [3.05, 3.63) is 59.7 Å². The van der Waals surface area contributed by atoms with Crippen molar-refractivity contribution in [2.75, 3.05) is 13.7 Å². The number of hydrogen-bond donors (Lipinski definition) is 0. The number of carbonyl (C=O) groups is 1. The van der Waals surface area contributed by atoms with Gasteiger partial charge in [0.1, 0.15) is 11.5 Å². The van der Waals surface area contributed by atoms with Crippen molar-refractivity contribution in [2.45, 2.75) is 12.8 Å². The van der Waals surface area contributed by atoms with Crippen molar-refractivity contribution in [1.82, 2.24) is 0 Å². The van der Waals surface area contributed by atoms with E-state index in [0.29, 0.717) is 23.7 Å². The molecule has 0 saturated carbocycles. The van der Waals surface area contributed by atoms with Gasteiger partial charge in [-0.25, -0.2) is 0 Å². The van der Waals surface area contributed by atoms with Crippen molar-refractivity contribution in [3.63, 3.8) is 0 Å². The number of aryl methyl sites for hydroxylation is 1. The van der Waals surface area contributed by atoms with Gasteiger partial charge in [-0.2, -0.15) is 0 Å².